The number of aryl methyl sites for hydroxylation is 1. The average Bonchev–Trinajstić information content (AvgIpc) is 2.67. The molecule has 0 fully saturated rings. The summed E-state index contributed by atoms with van der Waals surface area (Å²) in [5, 5.41) is 3.12. The number of methoxy groups -OCH3 is 1. The van der Waals surface area contributed by atoms with Gasteiger partial charge in [0.1, 0.15) is 5.75 Å². The van der Waals surface area contributed by atoms with E-state index >= 15 is 0 Å². The molecule has 0 heterocycles. The van der Waals surface area contributed by atoms with E-state index in [0.29, 0.717) is 13.0 Å². The summed E-state index contributed by atoms with van der Waals surface area (Å²) >= 11 is 0. The van der Waals surface area contributed by atoms with Gasteiger partial charge in [-0.2, -0.15) is 0 Å². The van der Waals surface area contributed by atoms with Crippen molar-refractivity contribution >= 4 is 5.91 Å². The highest BCUT2D eigenvalue weighted by molar-refractivity contribution is 5.79. The van der Waals surface area contributed by atoms with Gasteiger partial charge in [0, 0.05) is 6.54 Å². The summed E-state index contributed by atoms with van der Waals surface area (Å²) in [6, 6.07) is 16.2. The maximum Gasteiger partial charge on any atom is 0.224 e. The Morgan fingerprint density at radius 2 is 1.85 bits per heavy atom. The van der Waals surface area contributed by atoms with Crippen LogP contribution in [0.25, 0.3) is 0 Å². The zero-order valence-electron chi connectivity index (χ0n) is 16.3. The molecule has 0 aliphatic rings. The molecule has 2 aromatic carbocycles. The molecular formula is C22H30N2O2. The zero-order valence-corrected chi connectivity index (χ0v) is 16.3. The second kappa shape index (κ2) is 9.97. The molecule has 2 rings (SSSR count). The van der Waals surface area contributed by atoms with Crippen molar-refractivity contribution < 1.29 is 9.53 Å². The van der Waals surface area contributed by atoms with E-state index < -0.39 is 0 Å². The van der Waals surface area contributed by atoms with Crippen LogP contribution in [-0.4, -0.2) is 37.6 Å². The topological polar surface area (TPSA) is 41.6 Å². The first kappa shape index (κ1) is 20.0. The molecule has 1 amide bonds. The number of hydrogen-bond donors (Lipinski definition) is 1. The number of nitrogens with zero attached hydrogens (tertiary/aromatic N) is 1. The van der Waals surface area contributed by atoms with Gasteiger partial charge < -0.3 is 10.1 Å². The molecule has 1 atom stereocenters. The van der Waals surface area contributed by atoms with Crippen molar-refractivity contribution in [3.63, 3.8) is 0 Å². The molecule has 2 aromatic rings. The number of amides is 1. The van der Waals surface area contributed by atoms with Crippen LogP contribution in [0.1, 0.15) is 36.6 Å². The highest BCUT2D eigenvalue weighted by atomic mass is 16.5. The summed E-state index contributed by atoms with van der Waals surface area (Å²) in [7, 11) is 1.68. The molecule has 0 saturated carbocycles. The molecule has 0 aromatic heterocycles. The highest BCUT2D eigenvalue weighted by Gasteiger charge is 2.19. The number of nitrogens with one attached hydrogen (secondary N) is 1. The van der Waals surface area contributed by atoms with Crippen LogP contribution in [0, 0.1) is 6.92 Å². The van der Waals surface area contributed by atoms with E-state index in [1.54, 1.807) is 7.11 Å². The van der Waals surface area contributed by atoms with Gasteiger partial charge in [0.15, 0.2) is 0 Å². The molecule has 4 heteroatoms. The Hall–Kier alpha value is -2.33. The van der Waals surface area contributed by atoms with Gasteiger partial charge in [-0.1, -0.05) is 50.2 Å². The predicted molar refractivity (Wildman–Crippen MR) is 107 cm³/mol. The van der Waals surface area contributed by atoms with E-state index in [-0.39, 0.29) is 11.9 Å². The van der Waals surface area contributed by atoms with Crippen molar-refractivity contribution in [1.29, 1.82) is 0 Å². The molecule has 0 saturated heterocycles. The summed E-state index contributed by atoms with van der Waals surface area (Å²) in [4.78, 5) is 14.8. The van der Waals surface area contributed by atoms with Gasteiger partial charge >= 0.3 is 0 Å². The minimum atomic E-state index is 0.0550. The molecule has 26 heavy (non-hydrogen) atoms. The fraction of sp³-hybridized carbons (Fsp3) is 0.409. The predicted octanol–water partition coefficient (Wildman–Crippen LogP) is 3.75. The van der Waals surface area contributed by atoms with Gasteiger partial charge in [0.05, 0.1) is 19.6 Å². The lowest BCUT2D eigenvalue weighted by Crippen LogP contribution is -2.38. The van der Waals surface area contributed by atoms with Gasteiger partial charge in [0.25, 0.3) is 0 Å². The average molecular weight is 354 g/mol. The summed E-state index contributed by atoms with van der Waals surface area (Å²) in [5.74, 6) is 0.894. The summed E-state index contributed by atoms with van der Waals surface area (Å²) in [5.41, 5.74) is 3.38. The highest BCUT2D eigenvalue weighted by Crippen LogP contribution is 2.23. The summed E-state index contributed by atoms with van der Waals surface area (Å²) in [6.45, 7) is 8.76. The SMILES string of the molecule is CCN(CC)C(CNC(=O)Cc1ccccc1C)c1cccc(OC)c1. The van der Waals surface area contributed by atoms with Crippen LogP contribution in [0.3, 0.4) is 0 Å². The first-order chi connectivity index (χ1) is 12.6. The Bertz CT molecular complexity index is 711. The van der Waals surface area contributed by atoms with E-state index in [0.717, 1.165) is 35.5 Å². The third-order valence-corrected chi connectivity index (χ3v) is 4.84. The van der Waals surface area contributed by atoms with Gasteiger partial charge in [-0.3, -0.25) is 9.69 Å². The molecule has 1 N–H and O–H groups in total. The van der Waals surface area contributed by atoms with Crippen molar-refractivity contribution in [2.45, 2.75) is 33.2 Å². The normalized spacial score (nSPS) is 12.0. The zero-order chi connectivity index (χ0) is 18.9. The van der Waals surface area contributed by atoms with Crippen LogP contribution < -0.4 is 10.1 Å². The molecule has 1 unspecified atom stereocenters. The van der Waals surface area contributed by atoms with E-state index in [4.69, 9.17) is 4.74 Å². The van der Waals surface area contributed by atoms with Crippen LogP contribution in [0.2, 0.25) is 0 Å². The number of benzene rings is 2. The Morgan fingerprint density at radius 3 is 2.50 bits per heavy atom. The van der Waals surface area contributed by atoms with E-state index in [1.165, 1.54) is 0 Å². The van der Waals surface area contributed by atoms with Crippen LogP contribution in [-0.2, 0) is 11.2 Å². The monoisotopic (exact) mass is 354 g/mol. The van der Waals surface area contributed by atoms with Gasteiger partial charge in [-0.05, 0) is 48.8 Å². The first-order valence-electron chi connectivity index (χ1n) is 9.28. The maximum atomic E-state index is 12.5. The number of ether oxygens (including phenoxy) is 1. The molecule has 4 nitrogen and oxygen atoms in total. The smallest absolute Gasteiger partial charge is 0.224 e. The third kappa shape index (κ3) is 5.33. The summed E-state index contributed by atoms with van der Waals surface area (Å²) < 4.78 is 5.36. The Kier molecular flexibility index (Phi) is 7.67. The maximum absolute atomic E-state index is 12.5. The third-order valence-electron chi connectivity index (χ3n) is 4.84. The van der Waals surface area contributed by atoms with Gasteiger partial charge in [-0.15, -0.1) is 0 Å². The standard InChI is InChI=1S/C22H30N2O2/c1-5-24(6-2)21(19-12-9-13-20(14-19)26-4)16-23-22(25)15-18-11-8-7-10-17(18)3/h7-14,21H,5-6,15-16H2,1-4H3,(H,23,25). The van der Waals surface area contributed by atoms with Gasteiger partial charge in [0.2, 0.25) is 5.91 Å². The quantitative estimate of drug-likeness (QED) is 0.746. The van der Waals surface area contributed by atoms with Crippen molar-refractivity contribution in [3.8, 4) is 5.75 Å². The Labute approximate surface area is 157 Å². The Balaban J connectivity index is 2.09. The van der Waals surface area contributed by atoms with Crippen molar-refractivity contribution in [2.75, 3.05) is 26.7 Å². The minimum Gasteiger partial charge on any atom is -0.497 e. The van der Waals surface area contributed by atoms with Gasteiger partial charge in [-0.25, -0.2) is 0 Å². The number of carbonyl (C=O) groups excluding carboxylic acids is 1. The van der Waals surface area contributed by atoms with Crippen LogP contribution in [0.4, 0.5) is 0 Å². The largest absolute Gasteiger partial charge is 0.497 e. The molecular weight excluding hydrogens is 324 g/mol. The molecule has 0 radical (unpaired) electrons. The van der Waals surface area contributed by atoms with Crippen molar-refractivity contribution in [2.24, 2.45) is 0 Å². The van der Waals surface area contributed by atoms with Crippen molar-refractivity contribution in [3.05, 3.63) is 65.2 Å². The fourth-order valence-electron chi connectivity index (χ4n) is 3.23. The molecule has 140 valence electrons. The molecule has 0 spiro atoms. The van der Waals surface area contributed by atoms with E-state index in [9.17, 15) is 4.79 Å². The molecule has 0 bridgehead atoms. The van der Waals surface area contributed by atoms with E-state index in [2.05, 4.69) is 36.2 Å². The first-order valence-corrected chi connectivity index (χ1v) is 9.28. The lowest BCUT2D eigenvalue weighted by Gasteiger charge is -2.30. The van der Waals surface area contributed by atoms with Crippen LogP contribution in [0.15, 0.2) is 48.5 Å². The second-order valence-corrected chi connectivity index (χ2v) is 6.42. The number of hydrogen-bond acceptors (Lipinski definition) is 3. The minimum absolute atomic E-state index is 0.0550. The fourth-order valence-corrected chi connectivity index (χ4v) is 3.23. The Morgan fingerprint density at radius 1 is 1.12 bits per heavy atom. The molecule has 0 aliphatic carbocycles. The van der Waals surface area contributed by atoms with Crippen molar-refractivity contribution in [1.82, 2.24) is 10.2 Å². The number of rotatable bonds is 9. The van der Waals surface area contributed by atoms with Crippen LogP contribution in [0.5, 0.6) is 5.75 Å². The number of likely N-dealkylation sites (N-methyl/N-ethyl adjacent to an activating group) is 1. The van der Waals surface area contributed by atoms with Crippen LogP contribution >= 0.6 is 0 Å². The van der Waals surface area contributed by atoms with E-state index in [1.807, 2.05) is 43.3 Å². The lowest BCUT2D eigenvalue weighted by atomic mass is 10.0. The number of carbonyl (C=O) groups is 1. The lowest BCUT2D eigenvalue weighted by molar-refractivity contribution is -0.120. The summed E-state index contributed by atoms with van der Waals surface area (Å²) in [6.07, 6.45) is 0.412. The second-order valence-electron chi connectivity index (χ2n) is 6.42. The molecule has 0 aliphatic heterocycles.